The van der Waals surface area contributed by atoms with Gasteiger partial charge >= 0.3 is 0 Å². The Hall–Kier alpha value is -3.81. The predicted molar refractivity (Wildman–Crippen MR) is 102 cm³/mol. The number of amides is 1. The van der Waals surface area contributed by atoms with E-state index in [0.717, 1.165) is 17.0 Å². The zero-order valence-corrected chi connectivity index (χ0v) is 15.1. The molecule has 3 aromatic rings. The molecule has 8 nitrogen and oxygen atoms in total. The third-order valence-electron chi connectivity index (χ3n) is 4.13. The molecule has 1 aromatic heterocycles. The van der Waals surface area contributed by atoms with Crippen molar-refractivity contribution in [2.24, 2.45) is 0 Å². The molecular weight excluding hydrogens is 360 g/mol. The van der Waals surface area contributed by atoms with Gasteiger partial charge in [0.2, 0.25) is 6.79 Å². The molecule has 2 heterocycles. The summed E-state index contributed by atoms with van der Waals surface area (Å²) in [6, 6.07) is 14.6. The van der Waals surface area contributed by atoms with Crippen LogP contribution >= 0.6 is 0 Å². The fraction of sp³-hybridized carbons (Fsp3) is 0.150. The topological polar surface area (TPSA) is 94.6 Å². The number of carbonyl (C=O) groups is 1. The monoisotopic (exact) mass is 378 g/mol. The summed E-state index contributed by atoms with van der Waals surface area (Å²) in [6.07, 6.45) is 1.35. The van der Waals surface area contributed by atoms with Crippen LogP contribution < -0.4 is 24.8 Å². The van der Waals surface area contributed by atoms with Gasteiger partial charge in [-0.2, -0.15) is 0 Å². The van der Waals surface area contributed by atoms with E-state index in [4.69, 9.17) is 14.2 Å². The number of fused-ring (bicyclic) bond motifs is 1. The molecule has 2 N–H and O–H groups in total. The van der Waals surface area contributed by atoms with Gasteiger partial charge < -0.3 is 24.8 Å². The van der Waals surface area contributed by atoms with Crippen LogP contribution in [0.25, 0.3) is 0 Å². The van der Waals surface area contributed by atoms with Crippen LogP contribution in [0.5, 0.6) is 17.2 Å². The summed E-state index contributed by atoms with van der Waals surface area (Å²) in [5.41, 5.74) is 1.97. The third-order valence-corrected chi connectivity index (χ3v) is 4.13. The molecule has 28 heavy (non-hydrogen) atoms. The molecule has 1 amide bonds. The van der Waals surface area contributed by atoms with Gasteiger partial charge in [-0.25, -0.2) is 9.97 Å². The number of rotatable bonds is 6. The van der Waals surface area contributed by atoms with Crippen molar-refractivity contribution < 1.29 is 19.0 Å². The maximum atomic E-state index is 12.5. The Morgan fingerprint density at radius 1 is 1.11 bits per heavy atom. The highest BCUT2D eigenvalue weighted by molar-refractivity contribution is 5.92. The molecule has 1 aliphatic heterocycles. The van der Waals surface area contributed by atoms with Gasteiger partial charge in [-0.1, -0.05) is 12.1 Å². The van der Waals surface area contributed by atoms with Crippen molar-refractivity contribution in [3.8, 4) is 17.2 Å². The molecule has 8 heteroatoms. The number of hydrogen-bond donors (Lipinski definition) is 2. The molecule has 142 valence electrons. The number of methoxy groups -OCH3 is 1. The fourth-order valence-corrected chi connectivity index (χ4v) is 2.72. The van der Waals surface area contributed by atoms with E-state index in [-0.39, 0.29) is 18.4 Å². The molecule has 0 radical (unpaired) electrons. The maximum Gasteiger partial charge on any atom is 0.270 e. The number of aromatic nitrogens is 2. The number of nitrogens with zero attached hydrogens (tertiary/aromatic N) is 2. The lowest BCUT2D eigenvalue weighted by Gasteiger charge is -2.09. The van der Waals surface area contributed by atoms with Crippen molar-refractivity contribution in [1.29, 1.82) is 0 Å². The second-order valence-electron chi connectivity index (χ2n) is 6.02. The van der Waals surface area contributed by atoms with Crippen molar-refractivity contribution in [2.75, 3.05) is 19.2 Å². The number of hydrogen-bond acceptors (Lipinski definition) is 7. The lowest BCUT2D eigenvalue weighted by atomic mass is 10.2. The standard InChI is InChI=1S/C20H18N4O4/c1-26-15-4-2-3-14(8-15)24-19-9-16(22-11-23-19)20(25)21-10-13-5-6-17-18(7-13)28-12-27-17/h2-9,11H,10,12H2,1H3,(H,21,25)(H,22,23,24). The molecule has 0 spiro atoms. The first-order valence-electron chi connectivity index (χ1n) is 8.61. The highest BCUT2D eigenvalue weighted by atomic mass is 16.7. The van der Waals surface area contributed by atoms with Crippen molar-refractivity contribution >= 4 is 17.4 Å². The second kappa shape index (κ2) is 7.83. The maximum absolute atomic E-state index is 12.5. The Bertz CT molecular complexity index is 1010. The van der Waals surface area contributed by atoms with Crippen LogP contribution in [0.15, 0.2) is 54.9 Å². The fourth-order valence-electron chi connectivity index (χ4n) is 2.72. The minimum absolute atomic E-state index is 0.217. The van der Waals surface area contributed by atoms with Crippen molar-refractivity contribution in [3.05, 3.63) is 66.1 Å². The van der Waals surface area contributed by atoms with Crippen LogP contribution in [0.1, 0.15) is 16.1 Å². The molecule has 0 saturated heterocycles. The lowest BCUT2D eigenvalue weighted by molar-refractivity contribution is 0.0945. The smallest absolute Gasteiger partial charge is 0.270 e. The molecule has 1 aliphatic rings. The summed E-state index contributed by atoms with van der Waals surface area (Å²) in [4.78, 5) is 20.7. The van der Waals surface area contributed by atoms with Gasteiger partial charge in [-0.05, 0) is 29.8 Å². The molecular formula is C20H18N4O4. The van der Waals surface area contributed by atoms with E-state index in [1.54, 1.807) is 13.2 Å². The molecule has 0 unspecified atom stereocenters. The van der Waals surface area contributed by atoms with E-state index < -0.39 is 0 Å². The van der Waals surface area contributed by atoms with Gasteiger partial charge in [0, 0.05) is 24.4 Å². The normalized spacial score (nSPS) is 11.8. The molecule has 0 fully saturated rings. The number of carbonyl (C=O) groups excluding carboxylic acids is 1. The first-order chi connectivity index (χ1) is 13.7. The molecule has 0 aliphatic carbocycles. The first-order valence-corrected chi connectivity index (χ1v) is 8.61. The van der Waals surface area contributed by atoms with E-state index in [0.29, 0.717) is 23.9 Å². The minimum Gasteiger partial charge on any atom is -0.497 e. The average Bonchev–Trinajstić information content (AvgIpc) is 3.20. The van der Waals surface area contributed by atoms with Gasteiger partial charge in [0.05, 0.1) is 7.11 Å². The summed E-state index contributed by atoms with van der Waals surface area (Å²) in [5, 5.41) is 5.98. The summed E-state index contributed by atoms with van der Waals surface area (Å²) in [7, 11) is 1.60. The lowest BCUT2D eigenvalue weighted by Crippen LogP contribution is -2.24. The van der Waals surface area contributed by atoms with Crippen molar-refractivity contribution in [1.82, 2.24) is 15.3 Å². The largest absolute Gasteiger partial charge is 0.497 e. The zero-order valence-electron chi connectivity index (χ0n) is 15.1. The Morgan fingerprint density at radius 3 is 2.89 bits per heavy atom. The highest BCUT2D eigenvalue weighted by Crippen LogP contribution is 2.32. The first kappa shape index (κ1) is 17.6. The Morgan fingerprint density at radius 2 is 2.00 bits per heavy atom. The van der Waals surface area contributed by atoms with Crippen LogP contribution in [0, 0.1) is 0 Å². The number of anilines is 2. The average molecular weight is 378 g/mol. The molecule has 0 atom stereocenters. The van der Waals surface area contributed by atoms with Gasteiger partial charge in [0.1, 0.15) is 23.6 Å². The SMILES string of the molecule is COc1cccc(Nc2cc(C(=O)NCc3ccc4c(c3)OCO4)ncn2)c1. The van der Waals surface area contributed by atoms with E-state index in [2.05, 4.69) is 20.6 Å². The number of nitrogens with one attached hydrogen (secondary N) is 2. The number of benzene rings is 2. The Kier molecular flexibility index (Phi) is 4.92. The van der Waals surface area contributed by atoms with Gasteiger partial charge in [-0.3, -0.25) is 4.79 Å². The Balaban J connectivity index is 1.41. The van der Waals surface area contributed by atoms with E-state index in [1.165, 1.54) is 6.33 Å². The summed E-state index contributed by atoms with van der Waals surface area (Å²) >= 11 is 0. The van der Waals surface area contributed by atoms with Crippen LogP contribution in [-0.4, -0.2) is 29.8 Å². The van der Waals surface area contributed by atoms with Crippen LogP contribution in [-0.2, 0) is 6.54 Å². The minimum atomic E-state index is -0.297. The van der Waals surface area contributed by atoms with Crippen LogP contribution in [0.2, 0.25) is 0 Å². The van der Waals surface area contributed by atoms with Gasteiger partial charge in [0.25, 0.3) is 5.91 Å². The molecule has 2 aromatic carbocycles. The summed E-state index contributed by atoms with van der Waals surface area (Å²) < 4.78 is 15.8. The molecule has 0 bridgehead atoms. The van der Waals surface area contributed by atoms with E-state index >= 15 is 0 Å². The summed E-state index contributed by atoms with van der Waals surface area (Å²) in [6.45, 7) is 0.563. The third kappa shape index (κ3) is 3.96. The second-order valence-corrected chi connectivity index (χ2v) is 6.02. The Labute approximate surface area is 161 Å². The molecule has 0 saturated carbocycles. The van der Waals surface area contributed by atoms with E-state index in [9.17, 15) is 4.79 Å². The van der Waals surface area contributed by atoms with Crippen LogP contribution in [0.4, 0.5) is 11.5 Å². The predicted octanol–water partition coefficient (Wildman–Crippen LogP) is 2.89. The van der Waals surface area contributed by atoms with Crippen LogP contribution in [0.3, 0.4) is 0 Å². The van der Waals surface area contributed by atoms with Crippen molar-refractivity contribution in [2.45, 2.75) is 6.54 Å². The highest BCUT2D eigenvalue weighted by Gasteiger charge is 2.14. The van der Waals surface area contributed by atoms with E-state index in [1.807, 2.05) is 42.5 Å². The quantitative estimate of drug-likeness (QED) is 0.681. The zero-order chi connectivity index (χ0) is 19.3. The molecule has 4 rings (SSSR count). The van der Waals surface area contributed by atoms with Gasteiger partial charge in [-0.15, -0.1) is 0 Å². The number of ether oxygens (including phenoxy) is 3. The summed E-state index contributed by atoms with van der Waals surface area (Å²) in [5.74, 6) is 2.32. The van der Waals surface area contributed by atoms with Crippen molar-refractivity contribution in [3.63, 3.8) is 0 Å². The van der Waals surface area contributed by atoms with Gasteiger partial charge in [0.15, 0.2) is 11.5 Å².